The van der Waals surface area contributed by atoms with Gasteiger partial charge in [0, 0.05) is 12.8 Å². The van der Waals surface area contributed by atoms with Gasteiger partial charge in [0.2, 0.25) is 5.91 Å². The number of aliphatic hydroxyl groups is 2. The molecular formula is C52H101NO5. The Morgan fingerprint density at radius 2 is 0.793 bits per heavy atom. The van der Waals surface area contributed by atoms with Crippen LogP contribution in [0.1, 0.15) is 284 Å². The lowest BCUT2D eigenvalue weighted by Crippen LogP contribution is -2.45. The smallest absolute Gasteiger partial charge is 0.305 e. The van der Waals surface area contributed by atoms with E-state index < -0.39 is 12.1 Å². The van der Waals surface area contributed by atoms with Gasteiger partial charge in [0.25, 0.3) is 0 Å². The molecular weight excluding hydrogens is 719 g/mol. The van der Waals surface area contributed by atoms with Gasteiger partial charge in [0.1, 0.15) is 0 Å². The molecule has 0 heterocycles. The quantitative estimate of drug-likeness (QED) is 0.0323. The van der Waals surface area contributed by atoms with E-state index >= 15 is 0 Å². The summed E-state index contributed by atoms with van der Waals surface area (Å²) in [4.78, 5) is 24.4. The number of nitrogens with one attached hydrogen (secondary N) is 1. The van der Waals surface area contributed by atoms with Crippen LogP contribution in [0.5, 0.6) is 0 Å². The molecule has 0 aromatic carbocycles. The normalized spacial score (nSPS) is 12.7. The summed E-state index contributed by atoms with van der Waals surface area (Å²) in [6.07, 6.45) is 54.9. The van der Waals surface area contributed by atoms with E-state index in [4.69, 9.17) is 4.74 Å². The van der Waals surface area contributed by atoms with E-state index in [1.807, 2.05) is 6.08 Å². The minimum atomic E-state index is -0.853. The van der Waals surface area contributed by atoms with Crippen molar-refractivity contribution in [2.24, 2.45) is 0 Å². The van der Waals surface area contributed by atoms with Crippen LogP contribution in [-0.2, 0) is 14.3 Å². The van der Waals surface area contributed by atoms with Crippen LogP contribution in [0.25, 0.3) is 0 Å². The SMILES string of the molecule is CCCCCCCCCCCCCCC/C=C/C(O)C(CO)NC(=O)CCCCCCCCCCCCCCOC(=O)CCCCCCCCCCCCCCCC. The van der Waals surface area contributed by atoms with Crippen molar-refractivity contribution in [2.75, 3.05) is 13.2 Å². The van der Waals surface area contributed by atoms with Gasteiger partial charge in [-0.05, 0) is 32.1 Å². The van der Waals surface area contributed by atoms with Gasteiger partial charge < -0.3 is 20.3 Å². The molecule has 0 spiro atoms. The largest absolute Gasteiger partial charge is 0.466 e. The third kappa shape index (κ3) is 44.2. The highest BCUT2D eigenvalue weighted by atomic mass is 16.5. The zero-order valence-corrected chi connectivity index (χ0v) is 39.0. The van der Waals surface area contributed by atoms with Gasteiger partial charge in [-0.2, -0.15) is 0 Å². The second-order valence-corrected chi connectivity index (χ2v) is 17.9. The minimum Gasteiger partial charge on any atom is -0.466 e. The molecule has 0 aromatic rings. The molecule has 1 amide bonds. The molecule has 6 heteroatoms. The van der Waals surface area contributed by atoms with E-state index in [2.05, 4.69) is 19.2 Å². The van der Waals surface area contributed by atoms with Crippen LogP contribution in [0.15, 0.2) is 12.2 Å². The number of carbonyl (C=O) groups is 2. The summed E-state index contributed by atoms with van der Waals surface area (Å²) >= 11 is 0. The van der Waals surface area contributed by atoms with Crippen LogP contribution >= 0.6 is 0 Å². The van der Waals surface area contributed by atoms with E-state index in [0.717, 1.165) is 57.8 Å². The third-order valence-corrected chi connectivity index (χ3v) is 12.1. The number of ether oxygens (including phenoxy) is 1. The number of esters is 1. The van der Waals surface area contributed by atoms with Gasteiger partial charge in [-0.25, -0.2) is 0 Å². The van der Waals surface area contributed by atoms with E-state index in [1.54, 1.807) is 6.08 Å². The van der Waals surface area contributed by atoms with Gasteiger partial charge in [0.15, 0.2) is 0 Å². The summed E-state index contributed by atoms with van der Waals surface area (Å²) in [7, 11) is 0. The Kier molecular flexibility index (Phi) is 47.1. The second-order valence-electron chi connectivity index (χ2n) is 17.9. The minimum absolute atomic E-state index is 0.00840. The molecule has 0 bridgehead atoms. The number of hydrogen-bond donors (Lipinski definition) is 3. The molecule has 2 atom stereocenters. The number of aliphatic hydroxyl groups excluding tert-OH is 2. The number of allylic oxidation sites excluding steroid dienone is 1. The Hall–Kier alpha value is -1.40. The first-order valence-electron chi connectivity index (χ1n) is 26.0. The summed E-state index contributed by atoms with van der Waals surface area (Å²) in [6, 6.07) is -0.638. The number of unbranched alkanes of at least 4 members (excludes halogenated alkanes) is 37. The standard InChI is InChI=1S/C52H101NO5/c1-3-5-7-9-11-13-15-17-19-20-24-28-32-36-40-44-50(55)49(48-54)53-51(56)45-41-37-33-29-25-22-23-27-31-35-39-43-47-58-52(57)46-42-38-34-30-26-21-18-16-14-12-10-8-6-4-2/h40,44,49-50,54-55H,3-39,41-43,45-48H2,1-2H3,(H,53,56)/b44-40+. The van der Waals surface area contributed by atoms with E-state index in [9.17, 15) is 19.8 Å². The number of carbonyl (C=O) groups excluding carboxylic acids is 2. The van der Waals surface area contributed by atoms with E-state index in [1.165, 1.54) is 199 Å². The number of amides is 1. The summed E-state index contributed by atoms with van der Waals surface area (Å²) in [5, 5.41) is 23.0. The number of hydrogen-bond acceptors (Lipinski definition) is 5. The third-order valence-electron chi connectivity index (χ3n) is 12.1. The molecule has 0 radical (unpaired) electrons. The van der Waals surface area contributed by atoms with Crippen LogP contribution in [0.4, 0.5) is 0 Å². The van der Waals surface area contributed by atoms with Gasteiger partial charge in [-0.3, -0.25) is 9.59 Å². The fraction of sp³-hybridized carbons (Fsp3) is 0.923. The van der Waals surface area contributed by atoms with Crippen molar-refractivity contribution in [3.63, 3.8) is 0 Å². The van der Waals surface area contributed by atoms with Crippen LogP contribution in [-0.4, -0.2) is 47.4 Å². The predicted octanol–water partition coefficient (Wildman–Crippen LogP) is 15.3. The monoisotopic (exact) mass is 820 g/mol. The Morgan fingerprint density at radius 1 is 0.466 bits per heavy atom. The van der Waals surface area contributed by atoms with E-state index in [-0.39, 0.29) is 18.5 Å². The first-order valence-corrected chi connectivity index (χ1v) is 26.0. The van der Waals surface area contributed by atoms with Gasteiger partial charge in [-0.1, -0.05) is 251 Å². The van der Waals surface area contributed by atoms with Crippen LogP contribution in [0, 0.1) is 0 Å². The lowest BCUT2D eigenvalue weighted by atomic mass is 10.0. The Balaban J connectivity index is 3.48. The molecule has 0 aliphatic heterocycles. The fourth-order valence-electron chi connectivity index (χ4n) is 8.05. The van der Waals surface area contributed by atoms with Crippen LogP contribution in [0.3, 0.4) is 0 Å². The highest BCUT2D eigenvalue weighted by Gasteiger charge is 2.18. The molecule has 0 saturated carbocycles. The topological polar surface area (TPSA) is 95.9 Å². The Bertz CT molecular complexity index is 863. The van der Waals surface area contributed by atoms with Crippen molar-refractivity contribution in [3.05, 3.63) is 12.2 Å². The van der Waals surface area contributed by atoms with Crippen LogP contribution < -0.4 is 5.32 Å². The highest BCUT2D eigenvalue weighted by Crippen LogP contribution is 2.16. The maximum atomic E-state index is 12.4. The van der Waals surface area contributed by atoms with Crippen molar-refractivity contribution in [1.82, 2.24) is 5.32 Å². The molecule has 6 nitrogen and oxygen atoms in total. The predicted molar refractivity (Wildman–Crippen MR) is 250 cm³/mol. The maximum absolute atomic E-state index is 12.4. The van der Waals surface area contributed by atoms with Crippen molar-refractivity contribution >= 4 is 11.9 Å². The average Bonchev–Trinajstić information content (AvgIpc) is 3.22. The van der Waals surface area contributed by atoms with Crippen molar-refractivity contribution < 1.29 is 24.5 Å². The first-order chi connectivity index (χ1) is 28.5. The van der Waals surface area contributed by atoms with Gasteiger partial charge in [0.05, 0.1) is 25.4 Å². The highest BCUT2D eigenvalue weighted by molar-refractivity contribution is 5.76. The molecule has 0 aliphatic carbocycles. The molecule has 0 rings (SSSR count). The summed E-state index contributed by atoms with van der Waals surface area (Å²) < 4.78 is 5.46. The molecule has 2 unspecified atom stereocenters. The van der Waals surface area contributed by atoms with Gasteiger partial charge in [-0.15, -0.1) is 0 Å². The maximum Gasteiger partial charge on any atom is 0.305 e. The molecule has 344 valence electrons. The van der Waals surface area contributed by atoms with Crippen molar-refractivity contribution in [3.8, 4) is 0 Å². The Morgan fingerprint density at radius 3 is 1.17 bits per heavy atom. The van der Waals surface area contributed by atoms with Gasteiger partial charge >= 0.3 is 5.97 Å². The lowest BCUT2D eigenvalue weighted by molar-refractivity contribution is -0.143. The molecule has 0 aromatic heterocycles. The molecule has 0 saturated heterocycles. The van der Waals surface area contributed by atoms with Crippen LogP contribution in [0.2, 0.25) is 0 Å². The fourth-order valence-corrected chi connectivity index (χ4v) is 8.05. The second kappa shape index (κ2) is 48.3. The Labute approximate surface area is 361 Å². The zero-order chi connectivity index (χ0) is 42.3. The molecule has 58 heavy (non-hydrogen) atoms. The molecule has 0 fully saturated rings. The summed E-state index contributed by atoms with van der Waals surface area (Å²) in [5.74, 6) is -0.0905. The first kappa shape index (κ1) is 56.6. The van der Waals surface area contributed by atoms with Crippen molar-refractivity contribution in [2.45, 2.75) is 296 Å². The molecule has 3 N–H and O–H groups in total. The molecule has 0 aliphatic rings. The average molecular weight is 820 g/mol. The summed E-state index contributed by atoms with van der Waals surface area (Å²) in [5.41, 5.74) is 0. The van der Waals surface area contributed by atoms with Crippen molar-refractivity contribution in [1.29, 1.82) is 0 Å². The summed E-state index contributed by atoms with van der Waals surface area (Å²) in [6.45, 7) is 4.88. The van der Waals surface area contributed by atoms with E-state index in [0.29, 0.717) is 19.4 Å². The number of rotatable bonds is 48. The zero-order valence-electron chi connectivity index (χ0n) is 39.0. The lowest BCUT2D eigenvalue weighted by Gasteiger charge is -2.20.